The Bertz CT molecular complexity index is 475. The summed E-state index contributed by atoms with van der Waals surface area (Å²) in [7, 11) is 0. The zero-order valence-corrected chi connectivity index (χ0v) is 12.8. The van der Waals surface area contributed by atoms with E-state index in [2.05, 4.69) is 35.6 Å². The van der Waals surface area contributed by atoms with Crippen molar-refractivity contribution in [3.8, 4) is 0 Å². The fraction of sp³-hybridized carbons (Fsp3) is 0.667. The fourth-order valence-electron chi connectivity index (χ4n) is 2.62. The molecule has 1 fully saturated rings. The highest BCUT2D eigenvalue weighted by molar-refractivity contribution is 5.86. The topological polar surface area (TPSA) is 49.3 Å². The van der Waals surface area contributed by atoms with Crippen LogP contribution in [-0.4, -0.2) is 46.5 Å². The lowest BCUT2D eigenvalue weighted by Gasteiger charge is -2.40. The van der Waals surface area contributed by atoms with Gasteiger partial charge in [-0.25, -0.2) is 9.97 Å². The first-order valence-electron chi connectivity index (χ1n) is 7.46. The van der Waals surface area contributed by atoms with Gasteiger partial charge >= 0.3 is 0 Å². The highest BCUT2D eigenvalue weighted by atomic mass is 16.2. The number of amides is 1. The molecule has 0 saturated carbocycles. The van der Waals surface area contributed by atoms with Crippen molar-refractivity contribution in [3.63, 3.8) is 0 Å². The molecule has 5 nitrogen and oxygen atoms in total. The summed E-state index contributed by atoms with van der Waals surface area (Å²) in [6.45, 7) is 10.6. The van der Waals surface area contributed by atoms with E-state index in [-0.39, 0.29) is 11.9 Å². The van der Waals surface area contributed by atoms with Crippen molar-refractivity contribution in [2.75, 3.05) is 24.5 Å². The molecular weight excluding hydrogens is 252 g/mol. The second-order valence-electron chi connectivity index (χ2n) is 5.46. The molecule has 0 radical (unpaired) electrons. The molecule has 1 aliphatic heterocycles. The third-order valence-electron chi connectivity index (χ3n) is 3.82. The SMILES string of the molecule is CCC1C(=O)N(CC)CCN1c1ccnc(C(C)C)n1. The number of nitrogens with zero attached hydrogens (tertiary/aromatic N) is 4. The zero-order chi connectivity index (χ0) is 14.7. The maximum absolute atomic E-state index is 12.4. The van der Waals surface area contributed by atoms with Crippen molar-refractivity contribution in [2.45, 2.75) is 46.1 Å². The molecule has 1 atom stereocenters. The van der Waals surface area contributed by atoms with Crippen LogP contribution in [0.3, 0.4) is 0 Å². The van der Waals surface area contributed by atoms with Crippen LogP contribution >= 0.6 is 0 Å². The van der Waals surface area contributed by atoms with E-state index in [4.69, 9.17) is 0 Å². The number of hydrogen-bond donors (Lipinski definition) is 0. The molecule has 1 aliphatic rings. The normalized spacial score (nSPS) is 19.9. The summed E-state index contributed by atoms with van der Waals surface area (Å²) in [5.41, 5.74) is 0. The molecule has 110 valence electrons. The zero-order valence-electron chi connectivity index (χ0n) is 12.8. The average Bonchev–Trinajstić information content (AvgIpc) is 2.47. The van der Waals surface area contributed by atoms with Crippen LogP contribution in [0, 0.1) is 0 Å². The predicted molar refractivity (Wildman–Crippen MR) is 79.8 cm³/mol. The molecule has 5 heteroatoms. The maximum Gasteiger partial charge on any atom is 0.245 e. The molecule has 1 unspecified atom stereocenters. The Labute approximate surface area is 121 Å². The Hall–Kier alpha value is -1.65. The Kier molecular flexibility index (Phi) is 4.57. The number of aromatic nitrogens is 2. The summed E-state index contributed by atoms with van der Waals surface area (Å²) < 4.78 is 0. The lowest BCUT2D eigenvalue weighted by molar-refractivity contribution is -0.134. The predicted octanol–water partition coefficient (Wildman–Crippen LogP) is 2.05. The van der Waals surface area contributed by atoms with Gasteiger partial charge in [0.25, 0.3) is 0 Å². The second kappa shape index (κ2) is 6.20. The molecule has 0 N–H and O–H groups in total. The Balaban J connectivity index is 2.27. The highest BCUT2D eigenvalue weighted by Crippen LogP contribution is 2.22. The van der Waals surface area contributed by atoms with Crippen LogP contribution in [0.4, 0.5) is 5.82 Å². The van der Waals surface area contributed by atoms with Crippen LogP contribution in [0.1, 0.15) is 45.9 Å². The van der Waals surface area contributed by atoms with E-state index in [1.807, 2.05) is 17.9 Å². The van der Waals surface area contributed by atoms with E-state index in [1.165, 1.54) is 0 Å². The second-order valence-corrected chi connectivity index (χ2v) is 5.46. The first-order chi connectivity index (χ1) is 9.58. The third kappa shape index (κ3) is 2.76. The van der Waals surface area contributed by atoms with Crippen molar-refractivity contribution in [1.82, 2.24) is 14.9 Å². The van der Waals surface area contributed by atoms with Gasteiger partial charge in [0.15, 0.2) is 0 Å². The van der Waals surface area contributed by atoms with Crippen LogP contribution in [0.15, 0.2) is 12.3 Å². The number of anilines is 1. The van der Waals surface area contributed by atoms with Gasteiger partial charge in [-0.2, -0.15) is 0 Å². The summed E-state index contributed by atoms with van der Waals surface area (Å²) in [5.74, 6) is 2.22. The highest BCUT2D eigenvalue weighted by Gasteiger charge is 2.33. The van der Waals surface area contributed by atoms with Crippen molar-refractivity contribution in [1.29, 1.82) is 0 Å². The minimum atomic E-state index is -0.0985. The van der Waals surface area contributed by atoms with E-state index >= 15 is 0 Å². The number of carbonyl (C=O) groups excluding carboxylic acids is 1. The van der Waals surface area contributed by atoms with Gasteiger partial charge in [0.1, 0.15) is 17.7 Å². The van der Waals surface area contributed by atoms with E-state index in [9.17, 15) is 4.79 Å². The largest absolute Gasteiger partial charge is 0.343 e. The smallest absolute Gasteiger partial charge is 0.245 e. The minimum Gasteiger partial charge on any atom is -0.343 e. The summed E-state index contributed by atoms with van der Waals surface area (Å²) in [4.78, 5) is 25.4. The van der Waals surface area contributed by atoms with Crippen molar-refractivity contribution < 1.29 is 4.79 Å². The van der Waals surface area contributed by atoms with Gasteiger partial charge < -0.3 is 9.80 Å². The molecule has 20 heavy (non-hydrogen) atoms. The van der Waals surface area contributed by atoms with Crippen LogP contribution in [0.2, 0.25) is 0 Å². The monoisotopic (exact) mass is 276 g/mol. The van der Waals surface area contributed by atoms with Crippen LogP contribution in [-0.2, 0) is 4.79 Å². The molecular formula is C15H24N4O. The molecule has 2 heterocycles. The maximum atomic E-state index is 12.4. The summed E-state index contributed by atoms with van der Waals surface area (Å²) in [6, 6.07) is 1.81. The van der Waals surface area contributed by atoms with Crippen molar-refractivity contribution in [2.24, 2.45) is 0 Å². The molecule has 0 bridgehead atoms. The quantitative estimate of drug-likeness (QED) is 0.844. The molecule has 0 spiro atoms. The molecule has 1 aromatic heterocycles. The number of hydrogen-bond acceptors (Lipinski definition) is 4. The fourth-order valence-corrected chi connectivity index (χ4v) is 2.62. The van der Waals surface area contributed by atoms with Crippen LogP contribution < -0.4 is 4.90 Å². The van der Waals surface area contributed by atoms with E-state index in [0.717, 1.165) is 37.7 Å². The number of piperazine rings is 1. The molecule has 0 aliphatic carbocycles. The van der Waals surface area contributed by atoms with Gasteiger partial charge in [0.05, 0.1) is 0 Å². The lowest BCUT2D eigenvalue weighted by atomic mass is 10.1. The Morgan fingerprint density at radius 3 is 2.70 bits per heavy atom. The van der Waals surface area contributed by atoms with Crippen molar-refractivity contribution >= 4 is 11.7 Å². The standard InChI is InChI=1S/C15H24N4O/c1-5-12-15(20)18(6-2)9-10-19(12)13-7-8-16-14(17-13)11(3)4/h7-8,11-12H,5-6,9-10H2,1-4H3. The molecule has 1 saturated heterocycles. The summed E-state index contributed by atoms with van der Waals surface area (Å²) >= 11 is 0. The van der Waals surface area contributed by atoms with E-state index in [0.29, 0.717) is 5.92 Å². The summed E-state index contributed by atoms with van der Waals surface area (Å²) in [5, 5.41) is 0. The minimum absolute atomic E-state index is 0.0985. The molecule has 1 amide bonds. The van der Waals surface area contributed by atoms with E-state index in [1.54, 1.807) is 6.20 Å². The van der Waals surface area contributed by atoms with Gasteiger partial charge in [-0.3, -0.25) is 4.79 Å². The van der Waals surface area contributed by atoms with Gasteiger partial charge in [-0.15, -0.1) is 0 Å². The van der Waals surface area contributed by atoms with Gasteiger partial charge in [0.2, 0.25) is 5.91 Å². The van der Waals surface area contributed by atoms with Crippen molar-refractivity contribution in [3.05, 3.63) is 18.1 Å². The third-order valence-corrected chi connectivity index (χ3v) is 3.82. The first kappa shape index (κ1) is 14.8. The van der Waals surface area contributed by atoms with E-state index < -0.39 is 0 Å². The Morgan fingerprint density at radius 1 is 1.35 bits per heavy atom. The average molecular weight is 276 g/mol. The van der Waals surface area contributed by atoms with Gasteiger partial charge in [-0.05, 0) is 19.4 Å². The van der Waals surface area contributed by atoms with Gasteiger partial charge in [-0.1, -0.05) is 20.8 Å². The molecule has 1 aromatic rings. The van der Waals surface area contributed by atoms with Gasteiger partial charge in [0, 0.05) is 31.7 Å². The summed E-state index contributed by atoms with van der Waals surface area (Å²) in [6.07, 6.45) is 2.59. The van der Waals surface area contributed by atoms with Crippen LogP contribution in [0.5, 0.6) is 0 Å². The van der Waals surface area contributed by atoms with Crippen LogP contribution in [0.25, 0.3) is 0 Å². The number of likely N-dealkylation sites (N-methyl/N-ethyl adjacent to an activating group) is 1. The lowest BCUT2D eigenvalue weighted by Crippen LogP contribution is -2.57. The Morgan fingerprint density at radius 2 is 2.10 bits per heavy atom. The number of carbonyl (C=O) groups is 1. The molecule has 0 aromatic carbocycles. The molecule has 2 rings (SSSR count). The first-order valence-corrected chi connectivity index (χ1v) is 7.46. The number of rotatable bonds is 4.